The molecule has 0 saturated heterocycles. The molecule has 1 aromatic carbocycles. The third-order valence-corrected chi connectivity index (χ3v) is 2.85. The number of aromatic nitrogens is 2. The van der Waals surface area contributed by atoms with Crippen molar-refractivity contribution in [2.45, 2.75) is 13.8 Å². The number of carbonyl (C=O) groups is 1. The van der Waals surface area contributed by atoms with Crippen molar-refractivity contribution < 1.29 is 9.53 Å². The highest BCUT2D eigenvalue weighted by Gasteiger charge is 2.09. The van der Waals surface area contributed by atoms with Gasteiger partial charge < -0.3 is 10.1 Å². The number of anilines is 1. The van der Waals surface area contributed by atoms with E-state index in [9.17, 15) is 4.79 Å². The van der Waals surface area contributed by atoms with E-state index in [2.05, 4.69) is 15.3 Å². The van der Waals surface area contributed by atoms with Gasteiger partial charge >= 0.3 is 0 Å². The molecular weight excluding hydrogens is 242 g/mol. The van der Waals surface area contributed by atoms with E-state index in [1.54, 1.807) is 0 Å². The largest absolute Gasteiger partial charge is 0.481 e. The van der Waals surface area contributed by atoms with Gasteiger partial charge in [-0.3, -0.25) is 4.79 Å². The summed E-state index contributed by atoms with van der Waals surface area (Å²) in [6.07, 6.45) is 1.30. The van der Waals surface area contributed by atoms with E-state index in [4.69, 9.17) is 4.74 Å². The smallest absolute Gasteiger partial charge is 0.274 e. The summed E-state index contributed by atoms with van der Waals surface area (Å²) in [7, 11) is 1.49. The number of amides is 1. The lowest BCUT2D eigenvalue weighted by Crippen LogP contribution is -2.14. The molecule has 0 saturated carbocycles. The highest BCUT2D eigenvalue weighted by atomic mass is 16.5. The topological polar surface area (TPSA) is 64.1 Å². The summed E-state index contributed by atoms with van der Waals surface area (Å²) in [5, 5.41) is 2.79. The molecule has 1 amide bonds. The Morgan fingerprint density at radius 2 is 1.95 bits per heavy atom. The SMILES string of the molecule is COc1cc(C(=O)Nc2ccc(C)c(C)c2)ncn1. The second-order valence-corrected chi connectivity index (χ2v) is 4.20. The highest BCUT2D eigenvalue weighted by molar-refractivity contribution is 6.03. The lowest BCUT2D eigenvalue weighted by atomic mass is 10.1. The molecule has 0 fully saturated rings. The first-order valence-corrected chi connectivity index (χ1v) is 5.85. The van der Waals surface area contributed by atoms with Crippen molar-refractivity contribution in [2.75, 3.05) is 12.4 Å². The van der Waals surface area contributed by atoms with Gasteiger partial charge in [-0.25, -0.2) is 9.97 Å². The number of benzene rings is 1. The maximum absolute atomic E-state index is 12.0. The normalized spacial score (nSPS) is 10.1. The van der Waals surface area contributed by atoms with Crippen LogP contribution in [0.15, 0.2) is 30.6 Å². The van der Waals surface area contributed by atoms with Crippen LogP contribution in [0.2, 0.25) is 0 Å². The number of rotatable bonds is 3. The number of nitrogens with zero attached hydrogens (tertiary/aromatic N) is 2. The van der Waals surface area contributed by atoms with Crippen LogP contribution in [0.4, 0.5) is 5.69 Å². The Balaban J connectivity index is 2.18. The van der Waals surface area contributed by atoms with E-state index in [1.807, 2.05) is 32.0 Å². The summed E-state index contributed by atoms with van der Waals surface area (Å²) >= 11 is 0. The van der Waals surface area contributed by atoms with Crippen molar-refractivity contribution in [3.05, 3.63) is 47.4 Å². The van der Waals surface area contributed by atoms with Crippen LogP contribution in [0.3, 0.4) is 0 Å². The fraction of sp³-hybridized carbons (Fsp3) is 0.214. The highest BCUT2D eigenvalue weighted by Crippen LogP contribution is 2.15. The van der Waals surface area contributed by atoms with E-state index < -0.39 is 0 Å². The van der Waals surface area contributed by atoms with Crippen molar-refractivity contribution in [1.82, 2.24) is 9.97 Å². The summed E-state index contributed by atoms with van der Waals surface area (Å²) in [6.45, 7) is 4.02. The number of aryl methyl sites for hydroxylation is 2. The number of hydrogen-bond acceptors (Lipinski definition) is 4. The third-order valence-electron chi connectivity index (χ3n) is 2.85. The number of carbonyl (C=O) groups excluding carboxylic acids is 1. The Bertz CT molecular complexity index is 611. The van der Waals surface area contributed by atoms with E-state index in [0.29, 0.717) is 5.88 Å². The summed E-state index contributed by atoms with van der Waals surface area (Å²) < 4.78 is 4.96. The van der Waals surface area contributed by atoms with Crippen LogP contribution in [0, 0.1) is 13.8 Å². The fourth-order valence-electron chi connectivity index (χ4n) is 1.59. The molecule has 2 rings (SSSR count). The first-order chi connectivity index (χ1) is 9.10. The molecule has 5 heteroatoms. The predicted octanol–water partition coefficient (Wildman–Crippen LogP) is 2.35. The fourth-order valence-corrected chi connectivity index (χ4v) is 1.59. The predicted molar refractivity (Wildman–Crippen MR) is 72.5 cm³/mol. The molecule has 0 radical (unpaired) electrons. The minimum atomic E-state index is -0.288. The van der Waals surface area contributed by atoms with Gasteiger partial charge in [0.1, 0.15) is 12.0 Å². The number of methoxy groups -OCH3 is 1. The molecule has 1 N–H and O–H groups in total. The Morgan fingerprint density at radius 3 is 2.63 bits per heavy atom. The second-order valence-electron chi connectivity index (χ2n) is 4.20. The molecule has 1 heterocycles. The summed E-state index contributed by atoms with van der Waals surface area (Å²) in [5.74, 6) is 0.0733. The van der Waals surface area contributed by atoms with Crippen molar-refractivity contribution >= 4 is 11.6 Å². The van der Waals surface area contributed by atoms with Gasteiger partial charge in [-0.05, 0) is 37.1 Å². The summed E-state index contributed by atoms with van der Waals surface area (Å²) in [5.41, 5.74) is 3.32. The molecule has 0 unspecified atom stereocenters. The van der Waals surface area contributed by atoms with E-state index in [1.165, 1.54) is 25.1 Å². The van der Waals surface area contributed by atoms with Crippen LogP contribution in [0.5, 0.6) is 5.88 Å². The quantitative estimate of drug-likeness (QED) is 0.916. The monoisotopic (exact) mass is 257 g/mol. The van der Waals surface area contributed by atoms with Crippen LogP contribution in [0.25, 0.3) is 0 Å². The molecule has 0 bridgehead atoms. The Morgan fingerprint density at radius 1 is 1.16 bits per heavy atom. The zero-order valence-electron chi connectivity index (χ0n) is 11.1. The van der Waals surface area contributed by atoms with Crippen LogP contribution in [-0.4, -0.2) is 23.0 Å². The lowest BCUT2D eigenvalue weighted by Gasteiger charge is -2.07. The number of hydrogen-bond donors (Lipinski definition) is 1. The number of ether oxygens (including phenoxy) is 1. The Hall–Kier alpha value is -2.43. The zero-order chi connectivity index (χ0) is 13.8. The van der Waals surface area contributed by atoms with E-state index in [0.717, 1.165) is 11.3 Å². The molecule has 0 aliphatic carbocycles. The van der Waals surface area contributed by atoms with Crippen LogP contribution in [-0.2, 0) is 0 Å². The van der Waals surface area contributed by atoms with Gasteiger partial charge in [0.15, 0.2) is 0 Å². The zero-order valence-corrected chi connectivity index (χ0v) is 11.1. The van der Waals surface area contributed by atoms with Gasteiger partial charge in [0.25, 0.3) is 5.91 Å². The molecule has 98 valence electrons. The molecule has 19 heavy (non-hydrogen) atoms. The molecular formula is C14H15N3O2. The molecule has 5 nitrogen and oxygen atoms in total. The van der Waals surface area contributed by atoms with Crippen molar-refractivity contribution in [3.63, 3.8) is 0 Å². The Labute approximate surface area is 111 Å². The molecule has 0 aliphatic heterocycles. The first kappa shape index (κ1) is 13.0. The van der Waals surface area contributed by atoms with Gasteiger partial charge in [0, 0.05) is 11.8 Å². The second kappa shape index (κ2) is 5.48. The molecule has 0 spiro atoms. The van der Waals surface area contributed by atoms with Crippen molar-refractivity contribution in [1.29, 1.82) is 0 Å². The average molecular weight is 257 g/mol. The van der Waals surface area contributed by atoms with Crippen LogP contribution >= 0.6 is 0 Å². The maximum Gasteiger partial charge on any atom is 0.274 e. The lowest BCUT2D eigenvalue weighted by molar-refractivity contribution is 0.102. The Kier molecular flexibility index (Phi) is 3.75. The van der Waals surface area contributed by atoms with E-state index >= 15 is 0 Å². The minimum absolute atomic E-state index is 0.269. The molecule has 1 aromatic heterocycles. The summed E-state index contributed by atoms with van der Waals surface area (Å²) in [4.78, 5) is 19.8. The molecule has 0 atom stereocenters. The van der Waals surface area contributed by atoms with Crippen molar-refractivity contribution in [2.24, 2.45) is 0 Å². The van der Waals surface area contributed by atoms with Gasteiger partial charge in [0.05, 0.1) is 7.11 Å². The standard InChI is InChI=1S/C14H15N3O2/c1-9-4-5-11(6-10(9)2)17-14(18)12-7-13(19-3)16-8-15-12/h4-8H,1-3H3,(H,17,18). The number of nitrogens with one attached hydrogen (secondary N) is 1. The van der Waals surface area contributed by atoms with Gasteiger partial charge in [-0.2, -0.15) is 0 Å². The van der Waals surface area contributed by atoms with Crippen LogP contribution in [0.1, 0.15) is 21.6 Å². The minimum Gasteiger partial charge on any atom is -0.481 e. The summed E-state index contributed by atoms with van der Waals surface area (Å²) in [6, 6.07) is 7.24. The van der Waals surface area contributed by atoms with Crippen LogP contribution < -0.4 is 10.1 Å². The third kappa shape index (κ3) is 3.07. The van der Waals surface area contributed by atoms with Crippen molar-refractivity contribution in [3.8, 4) is 5.88 Å². The molecule has 0 aliphatic rings. The van der Waals surface area contributed by atoms with E-state index in [-0.39, 0.29) is 11.6 Å². The average Bonchev–Trinajstić information content (AvgIpc) is 2.43. The molecule has 2 aromatic rings. The van der Waals surface area contributed by atoms with Gasteiger partial charge in [-0.1, -0.05) is 6.07 Å². The first-order valence-electron chi connectivity index (χ1n) is 5.85. The van der Waals surface area contributed by atoms with Gasteiger partial charge in [-0.15, -0.1) is 0 Å². The maximum atomic E-state index is 12.0. The van der Waals surface area contributed by atoms with Gasteiger partial charge in [0.2, 0.25) is 5.88 Å².